The third-order valence-corrected chi connectivity index (χ3v) is 5.05. The molecule has 0 aliphatic carbocycles. The number of hydrogen-bond acceptors (Lipinski definition) is 4. The number of nitrogens with zero attached hydrogens (tertiary/aromatic N) is 2. The molecule has 1 aromatic carbocycles. The molecule has 0 radical (unpaired) electrons. The first-order valence-electron chi connectivity index (χ1n) is 7.51. The van der Waals surface area contributed by atoms with Gasteiger partial charge in [-0.15, -0.1) is 0 Å². The van der Waals surface area contributed by atoms with Crippen LogP contribution in [0.2, 0.25) is 0 Å². The number of ether oxygens (including phenoxy) is 1. The van der Waals surface area contributed by atoms with Crippen molar-refractivity contribution in [1.82, 2.24) is 9.78 Å². The Morgan fingerprint density at radius 3 is 2.60 bits per heavy atom. The minimum atomic E-state index is -4.45. The van der Waals surface area contributed by atoms with Crippen molar-refractivity contribution in [2.75, 3.05) is 17.9 Å². The van der Waals surface area contributed by atoms with E-state index in [0.29, 0.717) is 18.9 Å². The lowest BCUT2D eigenvalue weighted by Crippen LogP contribution is -2.15. The summed E-state index contributed by atoms with van der Waals surface area (Å²) in [4.78, 5) is 0. The van der Waals surface area contributed by atoms with Crippen molar-refractivity contribution in [1.29, 1.82) is 0 Å². The van der Waals surface area contributed by atoms with Crippen molar-refractivity contribution in [3.63, 3.8) is 0 Å². The Kier molecular flexibility index (Phi) is 4.74. The molecule has 3 rings (SSSR count). The average Bonchev–Trinajstić information content (AvgIpc) is 3.16. The number of anilines is 1. The van der Waals surface area contributed by atoms with Crippen LogP contribution in [-0.4, -0.2) is 31.4 Å². The van der Waals surface area contributed by atoms with Gasteiger partial charge in [-0.2, -0.15) is 18.3 Å². The number of sulfonamides is 1. The molecule has 1 N–H and O–H groups in total. The smallest absolute Gasteiger partial charge is 0.379 e. The second-order valence-corrected chi connectivity index (χ2v) is 7.50. The summed E-state index contributed by atoms with van der Waals surface area (Å²) >= 11 is 0. The lowest BCUT2D eigenvalue weighted by molar-refractivity contribution is -0.137. The van der Waals surface area contributed by atoms with E-state index in [0.717, 1.165) is 30.7 Å². The number of benzene rings is 1. The van der Waals surface area contributed by atoms with Gasteiger partial charge in [-0.3, -0.25) is 9.40 Å². The summed E-state index contributed by atoms with van der Waals surface area (Å²) < 4.78 is 71.2. The van der Waals surface area contributed by atoms with Gasteiger partial charge in [0.25, 0.3) is 0 Å². The standard InChI is InChI=1S/C15H16F3N3O3S/c16-15(17,18)12-3-1-11(2-4-12)10-25(22,23)20-13-7-19-21(8-13)14-5-6-24-9-14/h1-4,7-8,14,20H,5-6,9-10H2. The average molecular weight is 375 g/mol. The van der Waals surface area contributed by atoms with Crippen molar-refractivity contribution < 1.29 is 26.3 Å². The van der Waals surface area contributed by atoms with E-state index >= 15 is 0 Å². The quantitative estimate of drug-likeness (QED) is 0.872. The van der Waals surface area contributed by atoms with Gasteiger partial charge in [-0.05, 0) is 24.1 Å². The van der Waals surface area contributed by atoms with Crippen LogP contribution in [0.4, 0.5) is 18.9 Å². The van der Waals surface area contributed by atoms with Gasteiger partial charge in [0.1, 0.15) is 0 Å². The number of aromatic nitrogens is 2. The van der Waals surface area contributed by atoms with Crippen molar-refractivity contribution in [3.8, 4) is 0 Å². The Labute approximate surface area is 142 Å². The normalized spacial score (nSPS) is 18.4. The molecule has 10 heteroatoms. The van der Waals surface area contributed by atoms with Crippen LogP contribution in [0.1, 0.15) is 23.6 Å². The first-order chi connectivity index (χ1) is 11.7. The topological polar surface area (TPSA) is 73.2 Å². The van der Waals surface area contributed by atoms with Crippen LogP contribution >= 0.6 is 0 Å². The SMILES string of the molecule is O=S(=O)(Cc1ccc(C(F)(F)F)cc1)Nc1cnn(C2CCOC2)c1. The molecule has 1 saturated heterocycles. The summed E-state index contributed by atoms with van der Waals surface area (Å²) in [5.41, 5.74) is -0.252. The summed E-state index contributed by atoms with van der Waals surface area (Å²) in [7, 11) is -3.76. The maximum absolute atomic E-state index is 12.5. The third kappa shape index (κ3) is 4.51. The lowest BCUT2D eigenvalue weighted by Gasteiger charge is -2.09. The van der Waals surface area contributed by atoms with Crippen molar-refractivity contribution in [3.05, 3.63) is 47.8 Å². The molecular weight excluding hydrogens is 359 g/mol. The highest BCUT2D eigenvalue weighted by Gasteiger charge is 2.30. The second-order valence-electron chi connectivity index (χ2n) is 5.78. The predicted molar refractivity (Wildman–Crippen MR) is 84.4 cm³/mol. The van der Waals surface area contributed by atoms with Crippen molar-refractivity contribution >= 4 is 15.7 Å². The molecule has 25 heavy (non-hydrogen) atoms. The highest BCUT2D eigenvalue weighted by atomic mass is 32.2. The van der Waals surface area contributed by atoms with Gasteiger partial charge in [-0.25, -0.2) is 8.42 Å². The van der Waals surface area contributed by atoms with E-state index in [1.807, 2.05) is 0 Å². The summed E-state index contributed by atoms with van der Waals surface area (Å²) in [5.74, 6) is -0.428. The van der Waals surface area contributed by atoms with Crippen LogP contribution in [0.5, 0.6) is 0 Å². The van der Waals surface area contributed by atoms with E-state index in [4.69, 9.17) is 4.74 Å². The number of halogens is 3. The summed E-state index contributed by atoms with van der Waals surface area (Å²) in [5, 5.41) is 4.11. The minimum absolute atomic E-state index is 0.0770. The lowest BCUT2D eigenvalue weighted by atomic mass is 10.1. The van der Waals surface area contributed by atoms with E-state index in [1.165, 1.54) is 6.20 Å². The van der Waals surface area contributed by atoms with Crippen LogP contribution in [0.15, 0.2) is 36.7 Å². The number of hydrogen-bond donors (Lipinski definition) is 1. The van der Waals surface area contributed by atoms with Gasteiger partial charge >= 0.3 is 6.18 Å². The minimum Gasteiger partial charge on any atom is -0.379 e. The fourth-order valence-corrected chi connectivity index (χ4v) is 3.71. The second kappa shape index (κ2) is 6.68. The molecule has 1 aliphatic heterocycles. The summed E-state index contributed by atoms with van der Waals surface area (Å²) in [6.07, 6.45) is -0.681. The third-order valence-electron chi connectivity index (χ3n) is 3.79. The summed E-state index contributed by atoms with van der Waals surface area (Å²) in [6.45, 7) is 1.17. The molecule has 0 spiro atoms. The van der Waals surface area contributed by atoms with E-state index in [1.54, 1.807) is 10.9 Å². The molecule has 0 bridgehead atoms. The predicted octanol–water partition coefficient (Wildman–Crippen LogP) is 2.81. The molecule has 6 nitrogen and oxygen atoms in total. The zero-order valence-electron chi connectivity index (χ0n) is 13.0. The molecule has 1 aliphatic rings. The van der Waals surface area contributed by atoms with Crippen LogP contribution < -0.4 is 4.72 Å². The van der Waals surface area contributed by atoms with E-state index in [9.17, 15) is 21.6 Å². The van der Waals surface area contributed by atoms with Gasteiger partial charge in [0.15, 0.2) is 0 Å². The van der Waals surface area contributed by atoms with E-state index < -0.39 is 27.5 Å². The summed E-state index contributed by atoms with van der Waals surface area (Å²) in [6, 6.07) is 4.11. The fraction of sp³-hybridized carbons (Fsp3) is 0.400. The van der Waals surface area contributed by atoms with E-state index in [2.05, 4.69) is 9.82 Å². The molecule has 136 valence electrons. The van der Waals surface area contributed by atoms with Crippen LogP contribution in [-0.2, 0) is 26.7 Å². The Morgan fingerprint density at radius 1 is 1.28 bits per heavy atom. The molecule has 2 aromatic rings. The molecule has 1 atom stereocenters. The van der Waals surface area contributed by atoms with Crippen LogP contribution in [0.3, 0.4) is 0 Å². The zero-order valence-corrected chi connectivity index (χ0v) is 13.8. The van der Waals surface area contributed by atoms with Gasteiger partial charge in [0.05, 0.1) is 35.8 Å². The number of nitrogens with one attached hydrogen (secondary N) is 1. The van der Waals surface area contributed by atoms with Gasteiger partial charge < -0.3 is 4.74 Å². The first-order valence-corrected chi connectivity index (χ1v) is 9.17. The Balaban J connectivity index is 1.66. The molecular formula is C15H16F3N3O3S. The molecule has 0 amide bonds. The zero-order chi connectivity index (χ0) is 18.1. The highest BCUT2D eigenvalue weighted by molar-refractivity contribution is 7.91. The van der Waals surface area contributed by atoms with Gasteiger partial charge in [0.2, 0.25) is 10.0 Å². The number of alkyl halides is 3. The van der Waals surface area contributed by atoms with Crippen molar-refractivity contribution in [2.24, 2.45) is 0 Å². The first kappa shape index (κ1) is 17.7. The monoisotopic (exact) mass is 375 g/mol. The van der Waals surface area contributed by atoms with E-state index in [-0.39, 0.29) is 11.6 Å². The Morgan fingerprint density at radius 2 is 2.00 bits per heavy atom. The van der Waals surface area contributed by atoms with Crippen LogP contribution in [0, 0.1) is 0 Å². The molecule has 1 fully saturated rings. The molecule has 1 aromatic heterocycles. The van der Waals surface area contributed by atoms with Gasteiger partial charge in [-0.1, -0.05) is 12.1 Å². The van der Waals surface area contributed by atoms with Crippen LogP contribution in [0.25, 0.3) is 0 Å². The maximum Gasteiger partial charge on any atom is 0.416 e. The fourth-order valence-electron chi connectivity index (χ4n) is 2.55. The molecule has 1 unspecified atom stereocenters. The van der Waals surface area contributed by atoms with Crippen molar-refractivity contribution in [2.45, 2.75) is 24.4 Å². The largest absolute Gasteiger partial charge is 0.416 e. The Bertz CT molecular complexity index is 826. The molecule has 0 saturated carbocycles. The molecule has 2 heterocycles. The Hall–Kier alpha value is -2.07. The van der Waals surface area contributed by atoms with Gasteiger partial charge in [0, 0.05) is 12.8 Å². The maximum atomic E-state index is 12.5. The highest BCUT2D eigenvalue weighted by Crippen LogP contribution is 2.29. The number of rotatable bonds is 5.